The van der Waals surface area contributed by atoms with Crippen LogP contribution < -0.4 is 4.72 Å². The second-order valence-electron chi connectivity index (χ2n) is 7.66. The van der Waals surface area contributed by atoms with Crippen molar-refractivity contribution in [2.24, 2.45) is 11.8 Å². The normalized spacial score (nSPS) is 21.2. The smallest absolute Gasteiger partial charge is 0.331 e. The number of nitro groups is 1. The third kappa shape index (κ3) is 5.39. The first kappa shape index (κ1) is 22.0. The molecule has 154 valence electrons. The van der Waals surface area contributed by atoms with Gasteiger partial charge in [0, 0.05) is 28.9 Å². The molecule has 2 N–H and O–H groups in total. The van der Waals surface area contributed by atoms with Crippen molar-refractivity contribution in [1.29, 1.82) is 0 Å². The monoisotopic (exact) mass is 410 g/mol. The summed E-state index contributed by atoms with van der Waals surface area (Å²) in [6, 6.07) is 4.55. The van der Waals surface area contributed by atoms with Gasteiger partial charge < -0.3 is 5.11 Å². The molecule has 0 unspecified atom stereocenters. The Bertz CT molecular complexity index is 861. The Balaban J connectivity index is 2.35. The van der Waals surface area contributed by atoms with E-state index in [1.54, 1.807) is 12.1 Å². The number of sulfonamides is 1. The Labute approximate surface area is 164 Å². The number of nitrogens with zero attached hydrogens (tertiary/aromatic N) is 1. The predicted molar refractivity (Wildman–Crippen MR) is 104 cm³/mol. The maximum absolute atomic E-state index is 12.8. The van der Waals surface area contributed by atoms with E-state index in [2.05, 4.69) is 4.72 Å². The van der Waals surface area contributed by atoms with Crippen LogP contribution in [0.15, 0.2) is 40.8 Å². The second kappa shape index (κ2) is 8.83. The van der Waals surface area contributed by atoms with Gasteiger partial charge in [-0.05, 0) is 37.8 Å². The van der Waals surface area contributed by atoms with Crippen molar-refractivity contribution in [2.75, 3.05) is 0 Å². The first-order valence-corrected chi connectivity index (χ1v) is 10.6. The van der Waals surface area contributed by atoms with Crippen LogP contribution in [0.4, 0.5) is 0 Å². The standard InChI is InChI=1S/C19H26N2O6S/c1-12(2)10-17(20-28(26,27)15-7-4-13(3)5-8-15)16-9-6-14(19(22)23)11-18(16)21(24)25/h4-8,12,16-18,20H,9-11H2,1-3H3,(H,22,23)/t16-,17-,18-/m0/s1. The number of carboxylic acid groups (broad SMARTS) is 1. The first-order valence-electron chi connectivity index (χ1n) is 9.16. The van der Waals surface area contributed by atoms with Crippen molar-refractivity contribution in [3.05, 3.63) is 51.6 Å². The van der Waals surface area contributed by atoms with Crippen molar-refractivity contribution >= 4 is 16.0 Å². The summed E-state index contributed by atoms with van der Waals surface area (Å²) in [6.45, 7) is 5.67. The molecular weight excluding hydrogens is 384 g/mol. The lowest BCUT2D eigenvalue weighted by molar-refractivity contribution is -0.533. The van der Waals surface area contributed by atoms with Crippen molar-refractivity contribution in [3.8, 4) is 0 Å². The fourth-order valence-corrected chi connectivity index (χ4v) is 4.84. The minimum Gasteiger partial charge on any atom is -0.478 e. The van der Waals surface area contributed by atoms with Gasteiger partial charge >= 0.3 is 5.97 Å². The van der Waals surface area contributed by atoms with Gasteiger partial charge in [0.05, 0.1) is 4.90 Å². The summed E-state index contributed by atoms with van der Waals surface area (Å²) in [5.74, 6) is -1.70. The summed E-state index contributed by atoms with van der Waals surface area (Å²) in [5.41, 5.74) is 0.923. The zero-order chi connectivity index (χ0) is 21.1. The molecule has 1 aromatic carbocycles. The van der Waals surface area contributed by atoms with Crippen molar-refractivity contribution in [2.45, 2.75) is 57.0 Å². The quantitative estimate of drug-likeness (QED) is 0.501. The fourth-order valence-electron chi connectivity index (χ4n) is 3.54. The van der Waals surface area contributed by atoms with Crippen LogP contribution in [0, 0.1) is 28.9 Å². The zero-order valence-corrected chi connectivity index (χ0v) is 17.0. The topological polar surface area (TPSA) is 127 Å². The Morgan fingerprint density at radius 2 is 1.93 bits per heavy atom. The van der Waals surface area contributed by atoms with Crippen LogP contribution in [0.3, 0.4) is 0 Å². The average molecular weight is 410 g/mol. The lowest BCUT2D eigenvalue weighted by Gasteiger charge is -2.32. The maximum Gasteiger partial charge on any atom is 0.331 e. The zero-order valence-electron chi connectivity index (χ0n) is 16.2. The number of allylic oxidation sites excluding steroid dienone is 1. The Hall–Kier alpha value is -2.26. The predicted octanol–water partition coefficient (Wildman–Crippen LogP) is 2.75. The summed E-state index contributed by atoms with van der Waals surface area (Å²) in [6.07, 6.45) is 1.81. The number of carbonyl (C=O) groups is 1. The van der Waals surface area contributed by atoms with Gasteiger partial charge in [-0.1, -0.05) is 37.6 Å². The van der Waals surface area contributed by atoms with Crippen LogP contribution in [0.2, 0.25) is 0 Å². The molecule has 0 fully saturated rings. The molecule has 0 aliphatic heterocycles. The molecule has 2 rings (SSSR count). The highest BCUT2D eigenvalue weighted by atomic mass is 32.2. The lowest BCUT2D eigenvalue weighted by Crippen LogP contribution is -2.48. The molecule has 0 bridgehead atoms. The van der Waals surface area contributed by atoms with Gasteiger partial charge in [-0.25, -0.2) is 17.9 Å². The Morgan fingerprint density at radius 3 is 2.43 bits per heavy atom. The molecule has 0 radical (unpaired) electrons. The molecule has 8 nitrogen and oxygen atoms in total. The molecule has 28 heavy (non-hydrogen) atoms. The van der Waals surface area contributed by atoms with E-state index in [9.17, 15) is 23.3 Å². The molecule has 0 amide bonds. The van der Waals surface area contributed by atoms with Crippen LogP contribution in [0.25, 0.3) is 0 Å². The van der Waals surface area contributed by atoms with Gasteiger partial charge in [0.1, 0.15) is 0 Å². The highest BCUT2D eigenvalue weighted by Gasteiger charge is 2.42. The molecule has 1 aliphatic rings. The third-order valence-electron chi connectivity index (χ3n) is 4.99. The largest absolute Gasteiger partial charge is 0.478 e. The summed E-state index contributed by atoms with van der Waals surface area (Å²) < 4.78 is 28.3. The van der Waals surface area contributed by atoms with Gasteiger partial charge in [-0.15, -0.1) is 0 Å². The van der Waals surface area contributed by atoms with Crippen LogP contribution in [0.5, 0.6) is 0 Å². The molecule has 1 aromatic rings. The molecule has 0 heterocycles. The van der Waals surface area contributed by atoms with Crippen LogP contribution >= 0.6 is 0 Å². The van der Waals surface area contributed by atoms with E-state index in [4.69, 9.17) is 5.11 Å². The van der Waals surface area contributed by atoms with Crippen molar-refractivity contribution in [1.82, 2.24) is 4.72 Å². The Morgan fingerprint density at radius 1 is 1.32 bits per heavy atom. The number of benzene rings is 1. The molecule has 0 saturated heterocycles. The van der Waals surface area contributed by atoms with Gasteiger partial charge in [-0.3, -0.25) is 10.1 Å². The van der Waals surface area contributed by atoms with E-state index in [0.717, 1.165) is 5.56 Å². The number of rotatable bonds is 8. The van der Waals surface area contributed by atoms with E-state index in [-0.39, 0.29) is 29.2 Å². The molecule has 9 heteroatoms. The number of nitrogens with one attached hydrogen (secondary N) is 1. The van der Waals surface area contributed by atoms with Gasteiger partial charge in [0.25, 0.3) is 0 Å². The number of hydrogen-bond acceptors (Lipinski definition) is 5. The van der Waals surface area contributed by atoms with E-state index in [0.29, 0.717) is 6.42 Å². The van der Waals surface area contributed by atoms with Gasteiger partial charge in [0.15, 0.2) is 0 Å². The van der Waals surface area contributed by atoms with Crippen molar-refractivity contribution in [3.63, 3.8) is 0 Å². The molecule has 3 atom stereocenters. The number of hydrogen-bond donors (Lipinski definition) is 2. The minimum atomic E-state index is -3.86. The van der Waals surface area contributed by atoms with E-state index in [1.165, 1.54) is 18.2 Å². The molecule has 0 saturated carbocycles. The van der Waals surface area contributed by atoms with Crippen LogP contribution in [-0.2, 0) is 14.8 Å². The average Bonchev–Trinajstić information content (AvgIpc) is 2.60. The summed E-state index contributed by atoms with van der Waals surface area (Å²) in [7, 11) is -3.86. The third-order valence-corrected chi connectivity index (χ3v) is 6.49. The number of carboxylic acids is 1. The van der Waals surface area contributed by atoms with E-state index in [1.807, 2.05) is 20.8 Å². The molecule has 0 spiro atoms. The SMILES string of the molecule is Cc1ccc(S(=O)(=O)N[C@@H](CC(C)C)[C@@H]2CC=C(C(=O)O)C[C@@H]2[N+](=O)[O-])cc1. The molecular formula is C19H26N2O6S. The lowest BCUT2D eigenvalue weighted by atomic mass is 9.78. The summed E-state index contributed by atoms with van der Waals surface area (Å²) in [5, 5.41) is 20.8. The van der Waals surface area contributed by atoms with Crippen LogP contribution in [-0.4, -0.2) is 36.5 Å². The molecule has 1 aliphatic carbocycles. The van der Waals surface area contributed by atoms with Gasteiger partial charge in [0.2, 0.25) is 16.1 Å². The molecule has 0 aromatic heterocycles. The Kier molecular flexibility index (Phi) is 6.95. The minimum absolute atomic E-state index is 0.00244. The fraction of sp³-hybridized carbons (Fsp3) is 0.526. The second-order valence-corrected chi connectivity index (χ2v) is 9.38. The summed E-state index contributed by atoms with van der Waals surface area (Å²) >= 11 is 0. The maximum atomic E-state index is 12.8. The van der Waals surface area contributed by atoms with Crippen LogP contribution in [0.1, 0.15) is 38.7 Å². The van der Waals surface area contributed by atoms with E-state index >= 15 is 0 Å². The van der Waals surface area contributed by atoms with Crippen molar-refractivity contribution < 1.29 is 23.2 Å². The highest BCUT2D eigenvalue weighted by molar-refractivity contribution is 7.89. The number of aryl methyl sites for hydroxylation is 1. The van der Waals surface area contributed by atoms with E-state index < -0.39 is 38.9 Å². The highest BCUT2D eigenvalue weighted by Crippen LogP contribution is 2.32. The summed E-state index contributed by atoms with van der Waals surface area (Å²) in [4.78, 5) is 22.4. The first-order chi connectivity index (χ1) is 13.0. The van der Waals surface area contributed by atoms with Gasteiger partial charge in [-0.2, -0.15) is 0 Å². The number of aliphatic carboxylic acids is 1.